The predicted octanol–water partition coefficient (Wildman–Crippen LogP) is 1.91. The molecule has 1 fully saturated rings. The van der Waals surface area contributed by atoms with E-state index in [4.69, 9.17) is 4.74 Å². The Morgan fingerprint density at radius 3 is 3.09 bits per heavy atom. The van der Waals surface area contributed by atoms with Gasteiger partial charge in [0.15, 0.2) is 5.65 Å². The molecule has 0 saturated carbocycles. The number of aromatic nitrogens is 4. The monoisotopic (exact) mass is 367 g/mol. The zero-order chi connectivity index (χ0) is 15.7. The summed E-state index contributed by atoms with van der Waals surface area (Å²) in [4.78, 5) is 22.8. The third-order valence-electron chi connectivity index (χ3n) is 3.90. The summed E-state index contributed by atoms with van der Waals surface area (Å²) in [7, 11) is 1.85. The van der Waals surface area contributed by atoms with Gasteiger partial charge in [-0.15, -0.1) is 0 Å². The number of halogens is 1. The number of rotatable bonds is 3. The van der Waals surface area contributed by atoms with E-state index >= 15 is 0 Å². The van der Waals surface area contributed by atoms with Crippen LogP contribution in [0.3, 0.4) is 0 Å². The molecule has 1 saturated heterocycles. The van der Waals surface area contributed by atoms with E-state index in [-0.39, 0.29) is 11.9 Å². The first kappa shape index (κ1) is 15.2. The molecule has 3 rings (SSSR count). The zero-order valence-corrected chi connectivity index (χ0v) is 14.2. The Labute approximate surface area is 136 Å². The number of ether oxygens (including phenoxy) is 1. The minimum atomic E-state index is -0.122. The van der Waals surface area contributed by atoms with Gasteiger partial charge in [-0.1, -0.05) is 0 Å². The summed E-state index contributed by atoms with van der Waals surface area (Å²) >= 11 is 3.47. The van der Waals surface area contributed by atoms with Crippen LogP contribution in [0.2, 0.25) is 0 Å². The molecule has 0 aliphatic carbocycles. The van der Waals surface area contributed by atoms with E-state index in [0.717, 1.165) is 40.8 Å². The molecule has 22 heavy (non-hydrogen) atoms. The van der Waals surface area contributed by atoms with Crippen molar-refractivity contribution in [1.82, 2.24) is 19.7 Å². The first-order valence-corrected chi connectivity index (χ1v) is 8.16. The third-order valence-corrected chi connectivity index (χ3v) is 4.45. The molecule has 0 bridgehead atoms. The van der Waals surface area contributed by atoms with Crippen molar-refractivity contribution in [1.29, 1.82) is 0 Å². The van der Waals surface area contributed by atoms with Crippen LogP contribution in [0.25, 0.3) is 11.0 Å². The van der Waals surface area contributed by atoms with Gasteiger partial charge < -0.3 is 9.64 Å². The van der Waals surface area contributed by atoms with Crippen LogP contribution in [-0.4, -0.2) is 45.4 Å². The van der Waals surface area contributed by atoms with Gasteiger partial charge in [-0.2, -0.15) is 5.10 Å². The molecule has 0 aromatic carbocycles. The van der Waals surface area contributed by atoms with Crippen LogP contribution in [0.15, 0.2) is 10.9 Å². The van der Waals surface area contributed by atoms with E-state index in [0.29, 0.717) is 13.2 Å². The number of aryl methyl sites for hydroxylation is 1. The van der Waals surface area contributed by atoms with Gasteiger partial charge in [-0.05, 0) is 35.7 Å². The van der Waals surface area contributed by atoms with E-state index in [1.54, 1.807) is 11.0 Å². The van der Waals surface area contributed by atoms with Gasteiger partial charge in [0, 0.05) is 20.1 Å². The smallest absolute Gasteiger partial charge is 0.310 e. The maximum atomic E-state index is 12.0. The topological polar surface area (TPSA) is 73.1 Å². The molecule has 0 amide bonds. The molecule has 0 spiro atoms. The summed E-state index contributed by atoms with van der Waals surface area (Å²) in [5.41, 5.74) is 0.773. The molecule has 2 aromatic heterocycles. The molecule has 1 aliphatic rings. The highest BCUT2D eigenvalue weighted by atomic mass is 79.9. The Morgan fingerprint density at radius 1 is 1.50 bits per heavy atom. The van der Waals surface area contributed by atoms with Crippen molar-refractivity contribution in [2.24, 2.45) is 13.0 Å². The number of carbonyl (C=O) groups excluding carboxylic acids is 1. The fourth-order valence-corrected chi connectivity index (χ4v) is 3.48. The SMILES string of the molecule is CCOC(=O)C1CCCN(c2ncnc3c2c(Br)nn3C)C1. The summed E-state index contributed by atoms with van der Waals surface area (Å²) in [6.45, 7) is 3.73. The average Bonchev–Trinajstić information content (AvgIpc) is 2.83. The standard InChI is InChI=1S/C14H18BrN5O2/c1-3-22-14(21)9-5-4-6-20(7-9)13-10-11(15)18-19(2)12(10)16-8-17-13/h8-9H,3-7H2,1-2H3. The summed E-state index contributed by atoms with van der Waals surface area (Å²) in [5, 5.41) is 5.23. The van der Waals surface area contributed by atoms with Crippen molar-refractivity contribution in [3.63, 3.8) is 0 Å². The van der Waals surface area contributed by atoms with Crippen molar-refractivity contribution in [3.8, 4) is 0 Å². The van der Waals surface area contributed by atoms with Crippen LogP contribution in [-0.2, 0) is 16.6 Å². The van der Waals surface area contributed by atoms with Crippen molar-refractivity contribution >= 4 is 38.8 Å². The fraction of sp³-hybridized carbons (Fsp3) is 0.571. The van der Waals surface area contributed by atoms with Crippen LogP contribution in [0.4, 0.5) is 5.82 Å². The Balaban J connectivity index is 1.92. The molecule has 118 valence electrons. The van der Waals surface area contributed by atoms with Crippen molar-refractivity contribution in [2.75, 3.05) is 24.6 Å². The van der Waals surface area contributed by atoms with E-state index in [2.05, 4.69) is 35.9 Å². The molecule has 1 aliphatic heterocycles. The summed E-state index contributed by atoms with van der Waals surface area (Å²) in [6.07, 6.45) is 3.34. The number of esters is 1. The highest BCUT2D eigenvalue weighted by Gasteiger charge is 2.29. The van der Waals surface area contributed by atoms with Gasteiger partial charge in [-0.3, -0.25) is 4.79 Å². The van der Waals surface area contributed by atoms with Crippen molar-refractivity contribution in [3.05, 3.63) is 10.9 Å². The lowest BCUT2D eigenvalue weighted by Crippen LogP contribution is -2.40. The number of anilines is 1. The van der Waals surface area contributed by atoms with Crippen LogP contribution in [0.5, 0.6) is 0 Å². The van der Waals surface area contributed by atoms with E-state index in [1.807, 2.05) is 14.0 Å². The van der Waals surface area contributed by atoms with Gasteiger partial charge in [0.2, 0.25) is 0 Å². The summed E-state index contributed by atoms with van der Waals surface area (Å²) < 4.78 is 7.60. The second-order valence-electron chi connectivity index (χ2n) is 5.35. The molecule has 0 radical (unpaired) electrons. The third kappa shape index (κ3) is 2.67. The molecular formula is C14H18BrN5O2. The van der Waals surface area contributed by atoms with Gasteiger partial charge in [0.25, 0.3) is 0 Å². The lowest BCUT2D eigenvalue weighted by Gasteiger charge is -2.32. The van der Waals surface area contributed by atoms with Gasteiger partial charge >= 0.3 is 5.97 Å². The number of fused-ring (bicyclic) bond motifs is 1. The minimum Gasteiger partial charge on any atom is -0.466 e. The first-order chi connectivity index (χ1) is 10.6. The number of nitrogens with zero attached hydrogens (tertiary/aromatic N) is 5. The number of hydrogen-bond donors (Lipinski definition) is 0. The minimum absolute atomic E-state index is 0.103. The van der Waals surface area contributed by atoms with Crippen LogP contribution >= 0.6 is 15.9 Å². The van der Waals surface area contributed by atoms with E-state index in [9.17, 15) is 4.79 Å². The highest BCUT2D eigenvalue weighted by Crippen LogP contribution is 2.32. The summed E-state index contributed by atoms with van der Waals surface area (Å²) in [5.74, 6) is 0.593. The maximum absolute atomic E-state index is 12.0. The zero-order valence-electron chi connectivity index (χ0n) is 12.6. The number of hydrogen-bond acceptors (Lipinski definition) is 6. The van der Waals surface area contributed by atoms with Gasteiger partial charge in [0.05, 0.1) is 17.9 Å². The quantitative estimate of drug-likeness (QED) is 0.771. The van der Waals surface area contributed by atoms with E-state index < -0.39 is 0 Å². The fourth-order valence-electron chi connectivity index (χ4n) is 2.89. The van der Waals surface area contributed by atoms with Crippen molar-refractivity contribution in [2.45, 2.75) is 19.8 Å². The Kier molecular flexibility index (Phi) is 4.28. The second-order valence-corrected chi connectivity index (χ2v) is 6.10. The lowest BCUT2D eigenvalue weighted by molar-refractivity contribution is -0.148. The highest BCUT2D eigenvalue weighted by molar-refractivity contribution is 9.10. The Hall–Kier alpha value is -1.70. The average molecular weight is 368 g/mol. The molecule has 2 aromatic rings. The molecule has 3 heterocycles. The van der Waals surface area contributed by atoms with Crippen LogP contribution < -0.4 is 4.90 Å². The molecule has 8 heteroatoms. The number of piperidine rings is 1. The molecule has 1 atom stereocenters. The largest absolute Gasteiger partial charge is 0.466 e. The predicted molar refractivity (Wildman–Crippen MR) is 85.6 cm³/mol. The molecule has 1 unspecified atom stereocenters. The summed E-state index contributed by atoms with van der Waals surface area (Å²) in [6, 6.07) is 0. The van der Waals surface area contributed by atoms with Gasteiger partial charge in [0.1, 0.15) is 16.7 Å². The Bertz CT molecular complexity index is 702. The molecular weight excluding hydrogens is 350 g/mol. The van der Waals surface area contributed by atoms with Gasteiger partial charge in [-0.25, -0.2) is 14.6 Å². The van der Waals surface area contributed by atoms with Crippen LogP contribution in [0.1, 0.15) is 19.8 Å². The normalized spacial score (nSPS) is 18.7. The number of carbonyl (C=O) groups is 1. The van der Waals surface area contributed by atoms with E-state index in [1.165, 1.54) is 0 Å². The maximum Gasteiger partial charge on any atom is 0.310 e. The lowest BCUT2D eigenvalue weighted by atomic mass is 9.98. The first-order valence-electron chi connectivity index (χ1n) is 7.36. The van der Waals surface area contributed by atoms with Crippen molar-refractivity contribution < 1.29 is 9.53 Å². The second kappa shape index (κ2) is 6.20. The Morgan fingerprint density at radius 2 is 2.32 bits per heavy atom. The molecule has 7 nitrogen and oxygen atoms in total. The molecule has 0 N–H and O–H groups in total. The van der Waals surface area contributed by atoms with Crippen LogP contribution in [0, 0.1) is 5.92 Å².